The first kappa shape index (κ1) is 17.0. The molecule has 3 unspecified atom stereocenters. The van der Waals surface area contributed by atoms with Gasteiger partial charge in [-0.25, -0.2) is 0 Å². The zero-order valence-electron chi connectivity index (χ0n) is 17.3. The second-order valence-corrected chi connectivity index (χ2v) is 9.00. The fourth-order valence-corrected chi connectivity index (χ4v) is 5.68. The number of hydrogen-bond acceptors (Lipinski definition) is 0. The molecule has 0 N–H and O–H groups in total. The molecular formula is C27H30. The molecule has 27 heavy (non-hydrogen) atoms. The minimum absolute atomic E-state index is 0.438. The Balaban J connectivity index is 1.85. The molecule has 0 heterocycles. The summed E-state index contributed by atoms with van der Waals surface area (Å²) in [5, 5.41) is 0. The van der Waals surface area contributed by atoms with Crippen molar-refractivity contribution < 1.29 is 0 Å². The van der Waals surface area contributed by atoms with Crippen LogP contribution in [0.1, 0.15) is 66.8 Å². The van der Waals surface area contributed by atoms with E-state index in [1.807, 2.05) is 0 Å². The maximum Gasteiger partial charge on any atom is 0.0276 e. The van der Waals surface area contributed by atoms with Crippen LogP contribution in [-0.2, 0) is 0 Å². The van der Waals surface area contributed by atoms with Crippen molar-refractivity contribution in [2.24, 2.45) is 11.8 Å². The highest BCUT2D eigenvalue weighted by Crippen LogP contribution is 2.55. The molecule has 0 radical (unpaired) electrons. The Bertz CT molecular complexity index is 1000. The first-order valence-electron chi connectivity index (χ1n) is 10.6. The molecule has 0 aliphatic heterocycles. The lowest BCUT2D eigenvalue weighted by molar-refractivity contribution is 0.315. The van der Waals surface area contributed by atoms with E-state index >= 15 is 0 Å². The lowest BCUT2D eigenvalue weighted by Gasteiger charge is -2.36. The van der Waals surface area contributed by atoms with Gasteiger partial charge in [-0.15, -0.1) is 0 Å². The Morgan fingerprint density at radius 2 is 1.81 bits per heavy atom. The van der Waals surface area contributed by atoms with Crippen molar-refractivity contribution in [2.75, 3.05) is 0 Å². The minimum atomic E-state index is 0.438. The van der Waals surface area contributed by atoms with Gasteiger partial charge in [0.2, 0.25) is 0 Å². The number of fused-ring (bicyclic) bond motifs is 7. The van der Waals surface area contributed by atoms with E-state index in [1.165, 1.54) is 40.7 Å². The van der Waals surface area contributed by atoms with Crippen LogP contribution in [0.4, 0.5) is 0 Å². The van der Waals surface area contributed by atoms with E-state index in [-0.39, 0.29) is 0 Å². The van der Waals surface area contributed by atoms with Crippen LogP contribution in [0.25, 0.3) is 5.57 Å². The Morgan fingerprint density at radius 1 is 1.00 bits per heavy atom. The molecule has 0 saturated heterocycles. The molecule has 0 amide bonds. The van der Waals surface area contributed by atoms with Gasteiger partial charge in [0.25, 0.3) is 0 Å². The van der Waals surface area contributed by atoms with E-state index in [0.29, 0.717) is 5.92 Å². The van der Waals surface area contributed by atoms with Gasteiger partial charge in [0.05, 0.1) is 0 Å². The Kier molecular flexibility index (Phi) is 3.76. The van der Waals surface area contributed by atoms with E-state index in [1.54, 1.807) is 27.8 Å². The van der Waals surface area contributed by atoms with Crippen LogP contribution in [0, 0.1) is 32.6 Å². The average molecular weight is 355 g/mol. The largest absolute Gasteiger partial charge is 0.0760 e. The number of benzene rings is 1. The van der Waals surface area contributed by atoms with Crippen LogP contribution in [0.5, 0.6) is 0 Å². The Morgan fingerprint density at radius 3 is 2.52 bits per heavy atom. The van der Waals surface area contributed by atoms with E-state index in [4.69, 9.17) is 0 Å². The third-order valence-corrected chi connectivity index (χ3v) is 7.54. The number of allylic oxidation sites excluding steroid dienone is 10. The molecule has 4 aliphatic rings. The number of rotatable bonds is 1. The first-order chi connectivity index (χ1) is 13.0. The van der Waals surface area contributed by atoms with Gasteiger partial charge < -0.3 is 0 Å². The molecule has 0 bridgehead atoms. The number of hydrogen-bond donors (Lipinski definition) is 0. The van der Waals surface area contributed by atoms with Crippen LogP contribution in [0.2, 0.25) is 0 Å². The zero-order chi connectivity index (χ0) is 18.9. The van der Waals surface area contributed by atoms with E-state index in [0.717, 1.165) is 18.3 Å². The van der Waals surface area contributed by atoms with Gasteiger partial charge in [0, 0.05) is 5.92 Å². The highest BCUT2D eigenvalue weighted by atomic mass is 14.4. The molecule has 0 nitrogen and oxygen atoms in total. The fraction of sp³-hybridized carbons (Fsp3) is 0.407. The summed E-state index contributed by atoms with van der Waals surface area (Å²) in [7, 11) is 0. The normalized spacial score (nSPS) is 28.0. The van der Waals surface area contributed by atoms with Gasteiger partial charge in [0.1, 0.15) is 0 Å². The molecule has 1 aromatic rings. The molecule has 0 heteroatoms. The van der Waals surface area contributed by atoms with Gasteiger partial charge in [0.15, 0.2) is 0 Å². The summed E-state index contributed by atoms with van der Waals surface area (Å²) in [4.78, 5) is 0. The predicted octanol–water partition coefficient (Wildman–Crippen LogP) is 7.28. The summed E-state index contributed by atoms with van der Waals surface area (Å²) in [6.45, 7) is 11.5. The van der Waals surface area contributed by atoms with Gasteiger partial charge in [-0.3, -0.25) is 0 Å². The van der Waals surface area contributed by atoms with E-state index in [9.17, 15) is 0 Å². The van der Waals surface area contributed by atoms with Crippen molar-refractivity contribution in [3.63, 3.8) is 0 Å². The van der Waals surface area contributed by atoms with Crippen molar-refractivity contribution in [3.05, 3.63) is 86.6 Å². The molecule has 0 spiro atoms. The fourth-order valence-electron chi connectivity index (χ4n) is 5.68. The second kappa shape index (κ2) is 5.96. The summed E-state index contributed by atoms with van der Waals surface area (Å²) in [6.07, 6.45) is 16.1. The van der Waals surface area contributed by atoms with Crippen molar-refractivity contribution in [1.82, 2.24) is 0 Å². The highest BCUT2D eigenvalue weighted by Gasteiger charge is 2.40. The average Bonchev–Trinajstić information content (AvgIpc) is 2.72. The molecule has 1 aromatic carbocycles. The molecule has 138 valence electrons. The summed E-state index contributed by atoms with van der Waals surface area (Å²) in [5.41, 5.74) is 15.2. The molecule has 1 fully saturated rings. The van der Waals surface area contributed by atoms with Crippen LogP contribution in [0.3, 0.4) is 0 Å². The van der Waals surface area contributed by atoms with Crippen molar-refractivity contribution in [2.45, 2.75) is 59.8 Å². The van der Waals surface area contributed by atoms with Crippen LogP contribution < -0.4 is 0 Å². The van der Waals surface area contributed by atoms with E-state index < -0.39 is 0 Å². The molecule has 5 rings (SSSR count). The topological polar surface area (TPSA) is 0 Å². The molecule has 1 saturated carbocycles. The third kappa shape index (κ3) is 2.35. The van der Waals surface area contributed by atoms with Crippen molar-refractivity contribution in [1.29, 1.82) is 0 Å². The lowest BCUT2D eigenvalue weighted by atomic mass is 9.68. The smallest absolute Gasteiger partial charge is 0.0276 e. The monoisotopic (exact) mass is 354 g/mol. The van der Waals surface area contributed by atoms with Crippen LogP contribution >= 0.6 is 0 Å². The molecule has 0 aromatic heterocycles. The summed E-state index contributed by atoms with van der Waals surface area (Å²) < 4.78 is 0. The Hall–Kier alpha value is -2.08. The first-order valence-corrected chi connectivity index (χ1v) is 10.6. The van der Waals surface area contributed by atoms with Gasteiger partial charge in [-0.1, -0.05) is 48.9 Å². The highest BCUT2D eigenvalue weighted by molar-refractivity contribution is 5.90. The minimum Gasteiger partial charge on any atom is -0.0760 e. The van der Waals surface area contributed by atoms with Crippen LogP contribution in [-0.4, -0.2) is 0 Å². The molecule has 4 aliphatic carbocycles. The SMILES string of the molecule is CCC1=C2C(=CC3CCC3c3c2cc(C)c(C)c3C)C2C=CC(C)=CC2=C1. The van der Waals surface area contributed by atoms with Gasteiger partial charge in [-0.2, -0.15) is 0 Å². The van der Waals surface area contributed by atoms with E-state index in [2.05, 4.69) is 71.1 Å². The maximum absolute atomic E-state index is 2.67. The quantitative estimate of drug-likeness (QED) is 0.497. The summed E-state index contributed by atoms with van der Waals surface area (Å²) in [6, 6.07) is 2.50. The zero-order valence-corrected chi connectivity index (χ0v) is 17.3. The van der Waals surface area contributed by atoms with Gasteiger partial charge >= 0.3 is 0 Å². The maximum atomic E-state index is 2.67. The Labute approximate surface area is 164 Å². The third-order valence-electron chi connectivity index (χ3n) is 7.54. The molecule has 3 atom stereocenters. The standard InChI is InChI=1S/C27H30/c1-6-19-13-21-11-15(2)7-9-22(21)24-14-20-8-10-23(20)26-18(5)17(4)16(3)12-25(26)27(19)24/h7,9,11-14,20,22-23H,6,8,10H2,1-5H3. The predicted molar refractivity (Wildman–Crippen MR) is 116 cm³/mol. The number of aryl methyl sites for hydroxylation is 1. The lowest BCUT2D eigenvalue weighted by Crippen LogP contribution is -2.23. The summed E-state index contributed by atoms with van der Waals surface area (Å²) in [5.74, 6) is 1.87. The second-order valence-electron chi connectivity index (χ2n) is 9.00. The van der Waals surface area contributed by atoms with Crippen LogP contribution in [0.15, 0.2) is 58.7 Å². The summed E-state index contributed by atoms with van der Waals surface area (Å²) >= 11 is 0. The van der Waals surface area contributed by atoms with Gasteiger partial charge in [-0.05, 0) is 109 Å². The molecular weight excluding hydrogens is 324 g/mol. The van der Waals surface area contributed by atoms with Crippen molar-refractivity contribution >= 4 is 5.57 Å². The van der Waals surface area contributed by atoms with Crippen molar-refractivity contribution in [3.8, 4) is 0 Å².